The molecule has 1 saturated heterocycles. The summed E-state index contributed by atoms with van der Waals surface area (Å²) >= 11 is 12.3. The molecule has 1 aliphatic rings. The SMILES string of the molecule is CC(OC(=O)C1CCN1C(C)c1ccc(Cl)cc1Cl)c1ccccc1. The van der Waals surface area contributed by atoms with Crippen molar-refractivity contribution >= 4 is 29.2 Å². The lowest BCUT2D eigenvalue weighted by Gasteiger charge is -2.43. The number of esters is 1. The van der Waals surface area contributed by atoms with E-state index in [0.29, 0.717) is 10.0 Å². The summed E-state index contributed by atoms with van der Waals surface area (Å²) < 4.78 is 5.67. The predicted octanol–water partition coefficient (Wildman–Crippen LogP) is 5.43. The summed E-state index contributed by atoms with van der Waals surface area (Å²) in [6, 6.07) is 15.0. The van der Waals surface area contributed by atoms with Crippen LogP contribution in [0.2, 0.25) is 10.0 Å². The van der Waals surface area contributed by atoms with Crippen LogP contribution in [0.5, 0.6) is 0 Å². The van der Waals surface area contributed by atoms with E-state index in [1.54, 1.807) is 6.07 Å². The quantitative estimate of drug-likeness (QED) is 0.650. The molecule has 3 rings (SSSR count). The molecule has 3 nitrogen and oxygen atoms in total. The van der Waals surface area contributed by atoms with E-state index < -0.39 is 0 Å². The van der Waals surface area contributed by atoms with E-state index in [4.69, 9.17) is 27.9 Å². The van der Waals surface area contributed by atoms with Gasteiger partial charge in [-0.2, -0.15) is 0 Å². The van der Waals surface area contributed by atoms with Crippen LogP contribution in [0.15, 0.2) is 48.5 Å². The third-order valence-electron chi connectivity index (χ3n) is 4.81. The molecule has 0 bridgehead atoms. The molecule has 0 aromatic heterocycles. The fourth-order valence-electron chi connectivity index (χ4n) is 3.19. The van der Waals surface area contributed by atoms with Crippen LogP contribution in [-0.2, 0) is 9.53 Å². The van der Waals surface area contributed by atoms with Gasteiger partial charge in [0.1, 0.15) is 12.1 Å². The molecule has 0 amide bonds. The van der Waals surface area contributed by atoms with Gasteiger partial charge >= 0.3 is 5.97 Å². The van der Waals surface area contributed by atoms with E-state index >= 15 is 0 Å². The first-order chi connectivity index (χ1) is 12.0. The molecule has 132 valence electrons. The summed E-state index contributed by atoms with van der Waals surface area (Å²) in [5, 5.41) is 1.23. The lowest BCUT2D eigenvalue weighted by molar-refractivity contribution is -0.162. The lowest BCUT2D eigenvalue weighted by Crippen LogP contribution is -2.53. The van der Waals surface area contributed by atoms with Crippen molar-refractivity contribution in [2.24, 2.45) is 0 Å². The number of halogens is 2. The van der Waals surface area contributed by atoms with E-state index in [2.05, 4.69) is 11.8 Å². The second-order valence-corrected chi connectivity index (χ2v) is 7.22. The number of hydrogen-bond donors (Lipinski definition) is 0. The first-order valence-electron chi connectivity index (χ1n) is 8.43. The Bertz CT molecular complexity index is 751. The smallest absolute Gasteiger partial charge is 0.324 e. The van der Waals surface area contributed by atoms with E-state index in [-0.39, 0.29) is 24.2 Å². The minimum absolute atomic E-state index is 0.0306. The number of ether oxygens (including phenoxy) is 1. The molecular formula is C20H21Cl2NO2. The van der Waals surface area contributed by atoms with Gasteiger partial charge in [0.15, 0.2) is 0 Å². The zero-order chi connectivity index (χ0) is 18.0. The molecule has 0 spiro atoms. The average molecular weight is 378 g/mol. The second-order valence-electron chi connectivity index (χ2n) is 6.37. The van der Waals surface area contributed by atoms with Crippen LogP contribution in [0.4, 0.5) is 0 Å². The Morgan fingerprint density at radius 2 is 1.88 bits per heavy atom. The van der Waals surface area contributed by atoms with Crippen molar-refractivity contribution in [3.63, 3.8) is 0 Å². The fraction of sp³-hybridized carbons (Fsp3) is 0.350. The summed E-state index contributed by atoms with van der Waals surface area (Å²) in [5.74, 6) is -0.181. The summed E-state index contributed by atoms with van der Waals surface area (Å²) in [4.78, 5) is 14.7. The summed E-state index contributed by atoms with van der Waals surface area (Å²) in [7, 11) is 0. The van der Waals surface area contributed by atoms with Gasteiger partial charge in [-0.15, -0.1) is 0 Å². The first kappa shape index (κ1) is 18.2. The number of rotatable bonds is 5. The molecule has 1 fully saturated rings. The van der Waals surface area contributed by atoms with E-state index in [1.807, 2.05) is 49.4 Å². The van der Waals surface area contributed by atoms with Crippen molar-refractivity contribution in [2.45, 2.75) is 38.5 Å². The molecule has 0 N–H and O–H groups in total. The molecule has 1 heterocycles. The highest BCUT2D eigenvalue weighted by atomic mass is 35.5. The Kier molecular flexibility index (Phi) is 5.67. The van der Waals surface area contributed by atoms with Crippen LogP contribution >= 0.6 is 23.2 Å². The van der Waals surface area contributed by atoms with E-state index in [1.165, 1.54) is 0 Å². The van der Waals surface area contributed by atoms with Crippen molar-refractivity contribution in [2.75, 3.05) is 6.54 Å². The largest absolute Gasteiger partial charge is 0.457 e. The van der Waals surface area contributed by atoms with Crippen molar-refractivity contribution in [3.05, 3.63) is 69.7 Å². The topological polar surface area (TPSA) is 29.5 Å². The summed E-state index contributed by atoms with van der Waals surface area (Å²) in [6.45, 7) is 4.80. The third-order valence-corrected chi connectivity index (χ3v) is 5.37. The van der Waals surface area contributed by atoms with Gasteiger partial charge in [-0.3, -0.25) is 9.69 Å². The Morgan fingerprint density at radius 1 is 1.16 bits per heavy atom. The number of carbonyl (C=O) groups is 1. The second kappa shape index (κ2) is 7.77. The minimum atomic E-state index is -0.259. The van der Waals surface area contributed by atoms with Gasteiger partial charge < -0.3 is 4.74 Å². The molecule has 1 aliphatic heterocycles. The summed E-state index contributed by atoms with van der Waals surface area (Å²) in [5.41, 5.74) is 1.97. The zero-order valence-electron chi connectivity index (χ0n) is 14.3. The minimum Gasteiger partial charge on any atom is -0.457 e. The predicted molar refractivity (Wildman–Crippen MR) is 101 cm³/mol. The van der Waals surface area contributed by atoms with Crippen LogP contribution < -0.4 is 0 Å². The van der Waals surface area contributed by atoms with Crippen molar-refractivity contribution in [3.8, 4) is 0 Å². The Hall–Kier alpha value is -1.55. The van der Waals surface area contributed by atoms with Gasteiger partial charge in [0.2, 0.25) is 0 Å². The highest BCUT2D eigenvalue weighted by Gasteiger charge is 2.39. The normalized spacial score (nSPS) is 19.8. The first-order valence-corrected chi connectivity index (χ1v) is 9.19. The van der Waals surface area contributed by atoms with Gasteiger partial charge in [0.05, 0.1) is 0 Å². The van der Waals surface area contributed by atoms with Crippen molar-refractivity contribution < 1.29 is 9.53 Å². The lowest BCUT2D eigenvalue weighted by atomic mass is 9.96. The molecular weight excluding hydrogens is 357 g/mol. The van der Waals surface area contributed by atoms with Gasteiger partial charge in [0, 0.05) is 22.6 Å². The third kappa shape index (κ3) is 4.00. The van der Waals surface area contributed by atoms with Crippen molar-refractivity contribution in [1.29, 1.82) is 0 Å². The Labute approximate surface area is 158 Å². The molecule has 3 atom stereocenters. The maximum absolute atomic E-state index is 12.6. The maximum atomic E-state index is 12.6. The standard InChI is InChI=1S/C20H21Cl2NO2/c1-13(17-9-8-16(21)12-18(17)22)23-11-10-19(23)20(24)25-14(2)15-6-4-3-5-7-15/h3-9,12-14,19H,10-11H2,1-2H3. The van der Waals surface area contributed by atoms with Crippen LogP contribution in [0.25, 0.3) is 0 Å². The number of likely N-dealkylation sites (tertiary alicyclic amines) is 1. The fourth-order valence-corrected chi connectivity index (χ4v) is 3.75. The van der Waals surface area contributed by atoms with Crippen LogP contribution in [-0.4, -0.2) is 23.5 Å². The highest BCUT2D eigenvalue weighted by Crippen LogP contribution is 2.35. The molecule has 2 aromatic rings. The van der Waals surface area contributed by atoms with Gasteiger partial charge in [-0.05, 0) is 43.5 Å². The van der Waals surface area contributed by atoms with Crippen LogP contribution in [0, 0.1) is 0 Å². The number of carbonyl (C=O) groups excluding carboxylic acids is 1. The van der Waals surface area contributed by atoms with Gasteiger partial charge in [0.25, 0.3) is 0 Å². The maximum Gasteiger partial charge on any atom is 0.324 e. The molecule has 0 aliphatic carbocycles. The number of benzene rings is 2. The Morgan fingerprint density at radius 3 is 2.48 bits per heavy atom. The van der Waals surface area contributed by atoms with Crippen molar-refractivity contribution in [1.82, 2.24) is 4.90 Å². The van der Waals surface area contributed by atoms with Crippen LogP contribution in [0.1, 0.15) is 43.5 Å². The van der Waals surface area contributed by atoms with Gasteiger partial charge in [-0.1, -0.05) is 59.6 Å². The average Bonchev–Trinajstić information content (AvgIpc) is 2.54. The molecule has 2 aromatic carbocycles. The molecule has 0 saturated carbocycles. The van der Waals surface area contributed by atoms with Gasteiger partial charge in [-0.25, -0.2) is 0 Å². The van der Waals surface area contributed by atoms with E-state index in [0.717, 1.165) is 24.1 Å². The molecule has 25 heavy (non-hydrogen) atoms. The zero-order valence-corrected chi connectivity index (χ0v) is 15.8. The Balaban J connectivity index is 1.66. The van der Waals surface area contributed by atoms with E-state index in [9.17, 15) is 4.79 Å². The number of nitrogens with zero attached hydrogens (tertiary/aromatic N) is 1. The summed E-state index contributed by atoms with van der Waals surface area (Å²) in [6.07, 6.45) is 0.543. The molecule has 3 unspecified atom stereocenters. The molecule has 0 radical (unpaired) electrons. The monoisotopic (exact) mass is 377 g/mol. The molecule has 5 heteroatoms. The highest BCUT2D eigenvalue weighted by molar-refractivity contribution is 6.35. The number of hydrogen-bond acceptors (Lipinski definition) is 3. The van der Waals surface area contributed by atoms with Crippen LogP contribution in [0.3, 0.4) is 0 Å².